The van der Waals surface area contributed by atoms with Crippen molar-refractivity contribution in [1.29, 1.82) is 0 Å². The van der Waals surface area contributed by atoms with Crippen LogP contribution in [0.4, 0.5) is 0 Å². The molecule has 0 saturated heterocycles. The second kappa shape index (κ2) is 24.6. The predicted molar refractivity (Wildman–Crippen MR) is 215 cm³/mol. The van der Waals surface area contributed by atoms with E-state index in [1.165, 1.54) is 83.5 Å². The molecule has 7 heteroatoms. The number of hydrogen-bond acceptors (Lipinski definition) is 2. The first-order valence-electron chi connectivity index (χ1n) is 16.5. The molecular formula is C38H88Cl2NiO2Si2. The fourth-order valence-electron chi connectivity index (χ4n) is 10.2. The van der Waals surface area contributed by atoms with Gasteiger partial charge in [-0.05, 0) is 143 Å². The molecule has 8 saturated carbocycles. The van der Waals surface area contributed by atoms with Crippen LogP contribution in [0.5, 0.6) is 0 Å². The van der Waals surface area contributed by atoms with Crippen molar-refractivity contribution in [3.8, 4) is 0 Å². The summed E-state index contributed by atoms with van der Waals surface area (Å²) in [6, 6.07) is 0. The van der Waals surface area contributed by atoms with E-state index in [1.54, 1.807) is 12.8 Å². The zero-order valence-corrected chi connectivity index (χ0v) is 30.9. The average molecular weight is 763 g/mol. The molecule has 0 aromatic heterocycles. The molecule has 8 fully saturated rings. The minimum Gasteiger partial charge on any atom is 0 e. The van der Waals surface area contributed by atoms with E-state index < -0.39 is 8.32 Å². The van der Waals surface area contributed by atoms with E-state index in [4.69, 9.17) is 24.8 Å². The van der Waals surface area contributed by atoms with Crippen LogP contribution in [0.1, 0.15) is 149 Å². The third-order valence-corrected chi connectivity index (χ3v) is 11.8. The monoisotopic (exact) mass is 761 g/mol. The van der Waals surface area contributed by atoms with E-state index in [2.05, 4.69) is 39.3 Å². The average Bonchev–Trinajstić information content (AvgIpc) is 3.14. The largest absolute Gasteiger partial charge is 0 e. The number of aliphatic hydroxyl groups excluding tert-OH is 1. The Bertz CT molecular complexity index is 693. The zero-order valence-electron chi connectivity index (χ0n) is 26.2. The van der Waals surface area contributed by atoms with Crippen LogP contribution < -0.4 is 0 Å². The molecule has 8 bridgehead atoms. The Hall–Kier alpha value is 1.43. The molecule has 8 aliphatic rings. The van der Waals surface area contributed by atoms with Crippen molar-refractivity contribution in [2.24, 2.45) is 46.3 Å². The van der Waals surface area contributed by atoms with Gasteiger partial charge in [-0.3, -0.25) is 0 Å². The van der Waals surface area contributed by atoms with E-state index >= 15 is 0 Å². The van der Waals surface area contributed by atoms with Crippen LogP contribution >= 0.6 is 20.4 Å². The van der Waals surface area contributed by atoms with Gasteiger partial charge in [0, 0.05) is 23.4 Å². The smallest absolute Gasteiger partial charge is 0 e. The molecule has 0 aromatic carbocycles. The first-order valence-corrected chi connectivity index (χ1v) is 26.0. The Labute approximate surface area is 305 Å². The normalized spacial score (nSPS) is 34.4. The number of aliphatic hydroxyl groups is 1. The molecule has 0 radical (unpaired) electrons. The van der Waals surface area contributed by atoms with E-state index in [0.29, 0.717) is 30.1 Å². The summed E-state index contributed by atoms with van der Waals surface area (Å²) in [7, 11) is 7.96. The Kier molecular flexibility index (Phi) is 29.0. The minimum absolute atomic E-state index is 0. The van der Waals surface area contributed by atoms with Crippen molar-refractivity contribution >= 4 is 37.5 Å². The maximum absolute atomic E-state index is 9.22. The SMILES string of the molecule is C.C.C.C.C.C.C[SiH](C)C.C[Si](C)(C)OCCC12CC3CCC(CC(C3)C1)C2.OCCC12CC3CCC(CC(C3)C1)C2.[Cl][Ni][Cl].[HH]. The minimum atomic E-state index is -1.30. The van der Waals surface area contributed by atoms with E-state index in [0.717, 1.165) is 48.5 Å². The first-order chi connectivity index (χ1) is 18.4. The Morgan fingerprint density at radius 2 is 0.911 bits per heavy atom. The fraction of sp³-hybridized carbons (Fsp3) is 1.00. The van der Waals surface area contributed by atoms with E-state index in [-0.39, 0.29) is 54.8 Å². The summed E-state index contributed by atoms with van der Waals surface area (Å²) in [5.41, 5.74) is 1.29. The number of halogens is 2. The molecule has 0 aromatic rings. The van der Waals surface area contributed by atoms with Gasteiger partial charge in [-0.25, -0.2) is 0 Å². The van der Waals surface area contributed by atoms with Gasteiger partial charge in [0.2, 0.25) is 0 Å². The number of fused-ring (bicyclic) bond motifs is 2. The molecule has 284 valence electrons. The molecule has 4 unspecified atom stereocenters. The summed E-state index contributed by atoms with van der Waals surface area (Å²) in [6.07, 6.45) is 23.6. The van der Waals surface area contributed by atoms with Crippen LogP contribution in [-0.4, -0.2) is 35.4 Å². The topological polar surface area (TPSA) is 29.5 Å². The molecule has 0 amide bonds. The Morgan fingerprint density at radius 1 is 0.644 bits per heavy atom. The molecule has 8 rings (SSSR count). The standard InChI is InChI=1S/C16H30OSi.C13H22O.C3H10Si.6CH4.2ClH.Ni.H2/c1-18(2,3)17-7-6-16-10-13-4-5-14(11-16)9-15(8-13)12-16;14-4-3-13-7-10-1-2-11(8-13)6-12(5-10)9-13;1-4(2)3;;;;;;;;;;/h13-15H,4-12H2,1-3H3;10-12,14H,1-9H2;4H,1-3H3;6*1H4;2*1H;;1H/q;;;;;;;;;;;+2;/p-2. The molecular weight excluding hydrogens is 674 g/mol. The van der Waals surface area contributed by atoms with Gasteiger partial charge in [-0.15, -0.1) is 0 Å². The van der Waals surface area contributed by atoms with Crippen molar-refractivity contribution in [2.75, 3.05) is 13.2 Å². The molecule has 0 heterocycles. The second-order valence-electron chi connectivity index (χ2n) is 16.5. The van der Waals surface area contributed by atoms with Gasteiger partial charge in [0.05, 0.1) is 0 Å². The molecule has 45 heavy (non-hydrogen) atoms. The maximum Gasteiger partial charge on any atom is 0 e. The molecule has 8 aliphatic carbocycles. The third kappa shape index (κ3) is 17.8. The summed E-state index contributed by atoms with van der Waals surface area (Å²) >= 11 is 0.569. The number of hydrogen-bond donors (Lipinski definition) is 1. The molecule has 4 atom stereocenters. The Morgan fingerprint density at radius 3 is 1.18 bits per heavy atom. The summed E-state index contributed by atoms with van der Waals surface area (Å²) in [5.74, 6) is 6.30. The molecule has 1 N–H and O–H groups in total. The van der Waals surface area contributed by atoms with Gasteiger partial charge in [0.25, 0.3) is 0 Å². The van der Waals surface area contributed by atoms with E-state index in [1.807, 2.05) is 0 Å². The zero-order chi connectivity index (χ0) is 28.7. The fourth-order valence-corrected chi connectivity index (χ4v) is 10.9. The van der Waals surface area contributed by atoms with Crippen LogP contribution in [0.15, 0.2) is 0 Å². The third-order valence-electron chi connectivity index (χ3n) is 10.8. The quantitative estimate of drug-likeness (QED) is 0.273. The van der Waals surface area contributed by atoms with Crippen molar-refractivity contribution in [2.45, 2.75) is 187 Å². The van der Waals surface area contributed by atoms with Gasteiger partial charge < -0.3 is 9.53 Å². The first kappa shape index (κ1) is 53.2. The number of rotatable bonds is 6. The molecule has 2 nitrogen and oxygen atoms in total. The predicted octanol–water partition coefficient (Wildman–Crippen LogP) is 14.4. The van der Waals surface area contributed by atoms with Crippen LogP contribution in [0.2, 0.25) is 39.3 Å². The maximum atomic E-state index is 9.22. The second-order valence-corrected chi connectivity index (χ2v) is 26.1. The van der Waals surface area contributed by atoms with Gasteiger partial charge in [-0.1, -0.05) is 89.9 Å². The van der Waals surface area contributed by atoms with Gasteiger partial charge in [0.15, 0.2) is 8.32 Å². The van der Waals surface area contributed by atoms with E-state index in [9.17, 15) is 5.11 Å². The van der Waals surface area contributed by atoms with Gasteiger partial charge >= 0.3 is 33.0 Å². The van der Waals surface area contributed by atoms with Crippen molar-refractivity contribution in [3.63, 3.8) is 0 Å². The molecule has 0 spiro atoms. The van der Waals surface area contributed by atoms with Gasteiger partial charge in [-0.2, -0.15) is 0 Å². The van der Waals surface area contributed by atoms with Crippen molar-refractivity contribution < 1.29 is 23.6 Å². The van der Waals surface area contributed by atoms with Crippen molar-refractivity contribution in [1.82, 2.24) is 0 Å². The Balaban J connectivity index is -0.000000182. The summed E-state index contributed by atoms with van der Waals surface area (Å²) in [5, 5.41) is 9.22. The van der Waals surface area contributed by atoms with Crippen LogP contribution in [0.3, 0.4) is 0 Å². The summed E-state index contributed by atoms with van der Waals surface area (Å²) < 4.78 is 6.15. The van der Waals surface area contributed by atoms with Crippen LogP contribution in [-0.2, 0) is 17.1 Å². The van der Waals surface area contributed by atoms with Crippen molar-refractivity contribution in [3.05, 3.63) is 0 Å². The summed E-state index contributed by atoms with van der Waals surface area (Å²) in [4.78, 5) is 0. The van der Waals surface area contributed by atoms with Gasteiger partial charge in [0.1, 0.15) is 0 Å². The summed E-state index contributed by atoms with van der Waals surface area (Å²) in [6.45, 7) is 15.3. The molecule has 0 aliphatic heterocycles. The van der Waals surface area contributed by atoms with Crippen LogP contribution in [0, 0.1) is 46.3 Å². The van der Waals surface area contributed by atoms with Crippen LogP contribution in [0.25, 0.3) is 0 Å².